The van der Waals surface area contributed by atoms with Gasteiger partial charge in [0.15, 0.2) is 5.65 Å². The third-order valence-corrected chi connectivity index (χ3v) is 5.16. The summed E-state index contributed by atoms with van der Waals surface area (Å²) in [5, 5.41) is 13.5. The second kappa shape index (κ2) is 7.62. The zero-order valence-electron chi connectivity index (χ0n) is 16.6. The molecule has 1 aliphatic rings. The molecule has 0 unspecified atom stereocenters. The van der Waals surface area contributed by atoms with E-state index in [-0.39, 0.29) is 17.0 Å². The first kappa shape index (κ1) is 20.0. The average Bonchev–Trinajstić information content (AvgIpc) is 3.52. The van der Waals surface area contributed by atoms with Crippen LogP contribution >= 0.6 is 0 Å². The first-order valence-corrected chi connectivity index (χ1v) is 9.89. The van der Waals surface area contributed by atoms with Gasteiger partial charge in [-0.1, -0.05) is 6.07 Å². The van der Waals surface area contributed by atoms with Crippen LogP contribution in [0.15, 0.2) is 42.7 Å². The van der Waals surface area contributed by atoms with Crippen molar-refractivity contribution in [1.29, 1.82) is 0 Å². The van der Waals surface area contributed by atoms with Gasteiger partial charge in [-0.05, 0) is 31.0 Å². The monoisotopic (exact) mass is 442 g/mol. The third kappa shape index (κ3) is 3.74. The van der Waals surface area contributed by atoms with Crippen molar-refractivity contribution >= 4 is 23.2 Å². The van der Waals surface area contributed by atoms with Crippen molar-refractivity contribution in [3.05, 3.63) is 54.1 Å². The van der Waals surface area contributed by atoms with Crippen LogP contribution < -0.4 is 10.2 Å². The molecule has 0 aliphatic carbocycles. The second-order valence-electron chi connectivity index (χ2n) is 7.34. The molecule has 0 saturated carbocycles. The van der Waals surface area contributed by atoms with Crippen LogP contribution in [0.4, 0.5) is 24.8 Å². The Balaban J connectivity index is 1.39. The summed E-state index contributed by atoms with van der Waals surface area (Å²) >= 11 is 0. The molecule has 12 heteroatoms. The number of hydrogen-bond acceptors (Lipinski definition) is 6. The van der Waals surface area contributed by atoms with Crippen molar-refractivity contribution in [2.45, 2.75) is 19.0 Å². The number of fused-ring (bicyclic) bond motifs is 1. The number of nitrogens with zero attached hydrogens (tertiary/aromatic N) is 6. The second-order valence-corrected chi connectivity index (χ2v) is 7.34. The highest BCUT2D eigenvalue weighted by Crippen LogP contribution is 2.30. The Bertz CT molecular complexity index is 1290. The van der Waals surface area contributed by atoms with Gasteiger partial charge in [-0.25, -0.2) is 9.50 Å². The van der Waals surface area contributed by atoms with Crippen LogP contribution in [0.3, 0.4) is 0 Å². The van der Waals surface area contributed by atoms with E-state index in [0.717, 1.165) is 32.0 Å². The highest BCUT2D eigenvalue weighted by Gasteiger charge is 2.33. The number of aromatic nitrogens is 6. The summed E-state index contributed by atoms with van der Waals surface area (Å²) < 4.78 is 40.6. The number of anilines is 2. The number of alkyl halides is 3. The molecule has 5 heterocycles. The quantitative estimate of drug-likeness (QED) is 0.502. The summed E-state index contributed by atoms with van der Waals surface area (Å²) in [7, 11) is 0. The van der Waals surface area contributed by atoms with Crippen LogP contribution in [-0.4, -0.2) is 48.8 Å². The first-order chi connectivity index (χ1) is 15.4. The van der Waals surface area contributed by atoms with Crippen LogP contribution in [0.5, 0.6) is 0 Å². The molecular formula is C20H17F3N8O. The predicted molar refractivity (Wildman–Crippen MR) is 109 cm³/mol. The lowest BCUT2D eigenvalue weighted by molar-refractivity contribution is -0.141. The number of H-pyrrole nitrogens is 1. The first-order valence-electron chi connectivity index (χ1n) is 9.89. The average molecular weight is 442 g/mol. The molecule has 5 rings (SSSR count). The fourth-order valence-corrected chi connectivity index (χ4v) is 3.59. The molecule has 0 spiro atoms. The van der Waals surface area contributed by atoms with Gasteiger partial charge < -0.3 is 10.2 Å². The Morgan fingerprint density at radius 3 is 2.72 bits per heavy atom. The molecule has 0 aromatic carbocycles. The lowest BCUT2D eigenvalue weighted by Crippen LogP contribution is -2.19. The number of halogens is 3. The number of pyridine rings is 2. The molecule has 164 valence electrons. The molecule has 4 aromatic rings. The van der Waals surface area contributed by atoms with E-state index in [1.165, 1.54) is 18.3 Å². The maximum absolute atomic E-state index is 13.0. The van der Waals surface area contributed by atoms with Crippen LogP contribution in [0.25, 0.3) is 16.9 Å². The lowest BCUT2D eigenvalue weighted by Gasteiger charge is -2.10. The highest BCUT2D eigenvalue weighted by molar-refractivity contribution is 6.07. The summed E-state index contributed by atoms with van der Waals surface area (Å²) in [5.41, 5.74) is 0.120. The Morgan fingerprint density at radius 2 is 1.94 bits per heavy atom. The summed E-state index contributed by atoms with van der Waals surface area (Å²) in [6, 6.07) is 6.82. The number of aromatic amines is 1. The van der Waals surface area contributed by atoms with Gasteiger partial charge in [0, 0.05) is 31.0 Å². The third-order valence-electron chi connectivity index (χ3n) is 5.16. The van der Waals surface area contributed by atoms with Crippen LogP contribution in [0.1, 0.15) is 29.0 Å². The number of nitrogens with one attached hydrogen (secondary N) is 2. The Labute approximate surface area is 179 Å². The largest absolute Gasteiger partial charge is 0.433 e. The molecule has 0 radical (unpaired) electrons. The summed E-state index contributed by atoms with van der Waals surface area (Å²) in [6.45, 7) is 1.82. The van der Waals surface area contributed by atoms with Crippen LogP contribution in [0, 0.1) is 0 Å². The normalized spacial score (nSPS) is 14.3. The zero-order chi connectivity index (χ0) is 22.3. The van der Waals surface area contributed by atoms with E-state index in [1.807, 2.05) is 0 Å². The van der Waals surface area contributed by atoms with E-state index in [1.54, 1.807) is 22.8 Å². The van der Waals surface area contributed by atoms with Gasteiger partial charge in [0.1, 0.15) is 11.4 Å². The van der Waals surface area contributed by atoms with Crippen molar-refractivity contribution in [2.24, 2.45) is 0 Å². The van der Waals surface area contributed by atoms with Crippen molar-refractivity contribution < 1.29 is 18.0 Å². The standard InChI is InChI=1S/C20H17F3N8O/c21-20(22,23)15-5-3-4-14(26-15)13-11-24-28-17(13)18(32)25-12-6-9-31-16(10-12)27-19(29-31)30-7-1-2-8-30/h3-6,9-11H,1-2,7-8H2,(H,24,28)(H,25,32). The molecule has 1 amide bonds. The SMILES string of the molecule is O=C(Nc1ccn2nc(N3CCCC3)nc2c1)c1[nH]ncc1-c1cccc(C(F)(F)F)n1. The van der Waals surface area contributed by atoms with E-state index in [9.17, 15) is 18.0 Å². The number of carbonyl (C=O) groups excluding carboxylic acids is 1. The molecular weight excluding hydrogens is 425 g/mol. The Kier molecular flexibility index (Phi) is 4.76. The molecule has 1 fully saturated rings. The van der Waals surface area contributed by atoms with Crippen molar-refractivity contribution in [1.82, 2.24) is 29.8 Å². The maximum Gasteiger partial charge on any atom is 0.433 e. The van der Waals surface area contributed by atoms with E-state index in [4.69, 9.17) is 0 Å². The molecule has 0 atom stereocenters. The summed E-state index contributed by atoms with van der Waals surface area (Å²) in [4.78, 5) is 23.1. The molecule has 0 bridgehead atoms. The number of carbonyl (C=O) groups is 1. The number of amides is 1. The number of rotatable bonds is 4. The lowest BCUT2D eigenvalue weighted by atomic mass is 10.1. The van der Waals surface area contributed by atoms with Gasteiger partial charge >= 0.3 is 6.18 Å². The van der Waals surface area contributed by atoms with E-state index >= 15 is 0 Å². The fraction of sp³-hybridized carbons (Fsp3) is 0.250. The molecule has 1 saturated heterocycles. The van der Waals surface area contributed by atoms with Crippen LogP contribution in [0.2, 0.25) is 0 Å². The van der Waals surface area contributed by atoms with Crippen molar-refractivity contribution in [2.75, 3.05) is 23.3 Å². The highest BCUT2D eigenvalue weighted by atomic mass is 19.4. The summed E-state index contributed by atoms with van der Waals surface area (Å²) in [6.07, 6.45) is 0.555. The molecule has 2 N–H and O–H groups in total. The minimum absolute atomic E-state index is 0.00378. The fourth-order valence-electron chi connectivity index (χ4n) is 3.59. The van der Waals surface area contributed by atoms with Crippen molar-refractivity contribution in [3.63, 3.8) is 0 Å². The van der Waals surface area contributed by atoms with Gasteiger partial charge in [-0.3, -0.25) is 9.89 Å². The van der Waals surface area contributed by atoms with Gasteiger partial charge in [0.25, 0.3) is 5.91 Å². The number of hydrogen-bond donors (Lipinski definition) is 2. The Morgan fingerprint density at radius 1 is 1.12 bits per heavy atom. The van der Waals surface area contributed by atoms with Crippen molar-refractivity contribution in [3.8, 4) is 11.3 Å². The zero-order valence-corrected chi connectivity index (χ0v) is 16.6. The van der Waals surface area contributed by atoms with Crippen LogP contribution in [-0.2, 0) is 6.18 Å². The maximum atomic E-state index is 13.0. The van der Waals surface area contributed by atoms with Gasteiger partial charge in [-0.15, -0.1) is 5.10 Å². The molecule has 4 aromatic heterocycles. The molecule has 32 heavy (non-hydrogen) atoms. The molecule has 9 nitrogen and oxygen atoms in total. The Hall–Kier alpha value is -3.96. The minimum atomic E-state index is -4.59. The van der Waals surface area contributed by atoms with Gasteiger partial charge in [0.05, 0.1) is 17.5 Å². The van der Waals surface area contributed by atoms with E-state index < -0.39 is 17.8 Å². The smallest absolute Gasteiger partial charge is 0.340 e. The predicted octanol–water partition coefficient (Wildman–Crippen LogP) is 3.39. The topological polar surface area (TPSA) is 104 Å². The molecule has 1 aliphatic heterocycles. The minimum Gasteiger partial charge on any atom is -0.340 e. The van der Waals surface area contributed by atoms with E-state index in [0.29, 0.717) is 17.3 Å². The van der Waals surface area contributed by atoms with Gasteiger partial charge in [-0.2, -0.15) is 23.3 Å². The van der Waals surface area contributed by atoms with E-state index in [2.05, 4.69) is 35.5 Å². The summed E-state index contributed by atoms with van der Waals surface area (Å²) in [5.74, 6) is 0.0674. The van der Waals surface area contributed by atoms with Gasteiger partial charge in [0.2, 0.25) is 5.95 Å².